The number of nitrogens with one attached hydrogen (secondary N) is 2. The first kappa shape index (κ1) is 18.7. The number of piperazine rings is 1. The van der Waals surface area contributed by atoms with Gasteiger partial charge in [-0.1, -0.05) is 0 Å². The third-order valence-electron chi connectivity index (χ3n) is 4.51. The minimum atomic E-state index is -0.804. The van der Waals surface area contributed by atoms with Crippen molar-refractivity contribution in [2.45, 2.75) is 0 Å². The number of hydrogen-bond donors (Lipinski definition) is 2. The summed E-state index contributed by atoms with van der Waals surface area (Å²) in [5, 5.41) is 13.2. The normalized spacial score (nSPS) is 14.8. The van der Waals surface area contributed by atoms with Crippen molar-refractivity contribution in [2.75, 3.05) is 42.9 Å². The summed E-state index contributed by atoms with van der Waals surface area (Å²) < 4.78 is 26.5. The van der Waals surface area contributed by atoms with E-state index < -0.39 is 16.6 Å². The van der Waals surface area contributed by atoms with Gasteiger partial charge in [0.05, 0.1) is 36.8 Å². The quantitative estimate of drug-likeness (QED) is 0.607. The lowest BCUT2D eigenvalue weighted by atomic mass is 10.2. The molecule has 27 heavy (non-hydrogen) atoms. The monoisotopic (exact) mass is 377 g/mol. The molecule has 1 aliphatic heterocycles. The molecule has 2 aromatic carbocycles. The number of nitro groups is 1. The molecule has 0 unspecified atom stereocenters. The molecule has 2 N–H and O–H groups in total. The van der Waals surface area contributed by atoms with Crippen LogP contribution in [-0.4, -0.2) is 43.6 Å². The zero-order valence-corrected chi connectivity index (χ0v) is 14.5. The van der Waals surface area contributed by atoms with Gasteiger partial charge in [0.15, 0.2) is 6.54 Å². The van der Waals surface area contributed by atoms with E-state index in [2.05, 4.69) is 10.2 Å². The lowest BCUT2D eigenvalue weighted by Crippen LogP contribution is -3.15. The van der Waals surface area contributed by atoms with Crippen LogP contribution in [0.2, 0.25) is 0 Å². The third-order valence-corrected chi connectivity index (χ3v) is 4.51. The van der Waals surface area contributed by atoms with Crippen LogP contribution in [0.3, 0.4) is 0 Å². The molecule has 2 aromatic rings. The van der Waals surface area contributed by atoms with Crippen molar-refractivity contribution in [1.29, 1.82) is 0 Å². The van der Waals surface area contributed by atoms with Gasteiger partial charge in [-0.25, -0.2) is 8.78 Å². The molecule has 7 nitrogen and oxygen atoms in total. The first-order valence-electron chi connectivity index (χ1n) is 8.50. The third kappa shape index (κ3) is 4.76. The van der Waals surface area contributed by atoms with Gasteiger partial charge in [-0.05, 0) is 24.3 Å². The molecule has 1 aliphatic rings. The minimum Gasteiger partial charge on any atom is -0.360 e. The number of non-ortho nitro benzene ring substituents is 1. The second-order valence-corrected chi connectivity index (χ2v) is 6.36. The number of carbonyl (C=O) groups is 1. The van der Waals surface area contributed by atoms with Crippen LogP contribution in [-0.2, 0) is 4.79 Å². The van der Waals surface area contributed by atoms with Crippen molar-refractivity contribution in [3.05, 3.63) is 64.2 Å². The van der Waals surface area contributed by atoms with Crippen molar-refractivity contribution in [3.8, 4) is 0 Å². The van der Waals surface area contributed by atoms with E-state index >= 15 is 0 Å². The van der Waals surface area contributed by atoms with Gasteiger partial charge in [0.1, 0.15) is 11.6 Å². The highest BCUT2D eigenvalue weighted by atomic mass is 19.1. The van der Waals surface area contributed by atoms with Gasteiger partial charge in [0, 0.05) is 23.9 Å². The van der Waals surface area contributed by atoms with E-state index in [1.54, 1.807) is 12.1 Å². The molecule has 3 rings (SSSR count). The maximum Gasteiger partial charge on any atom is 0.279 e. The number of hydrogen-bond acceptors (Lipinski definition) is 4. The van der Waals surface area contributed by atoms with Crippen LogP contribution >= 0.6 is 0 Å². The summed E-state index contributed by atoms with van der Waals surface area (Å²) in [6.07, 6.45) is 0. The van der Waals surface area contributed by atoms with Crippen molar-refractivity contribution >= 4 is 23.0 Å². The number of rotatable bonds is 5. The second-order valence-electron chi connectivity index (χ2n) is 6.36. The summed E-state index contributed by atoms with van der Waals surface area (Å²) in [6, 6.07) is 9.39. The van der Waals surface area contributed by atoms with Gasteiger partial charge < -0.3 is 15.1 Å². The smallest absolute Gasteiger partial charge is 0.279 e. The van der Waals surface area contributed by atoms with Crippen molar-refractivity contribution < 1.29 is 23.4 Å². The summed E-state index contributed by atoms with van der Waals surface area (Å²) in [4.78, 5) is 25.5. The van der Waals surface area contributed by atoms with Gasteiger partial charge in [0.25, 0.3) is 11.6 Å². The number of amides is 1. The Morgan fingerprint density at radius 1 is 1.15 bits per heavy atom. The summed E-state index contributed by atoms with van der Waals surface area (Å²) in [5.41, 5.74) is 0.913. The van der Waals surface area contributed by atoms with Crippen LogP contribution < -0.4 is 15.1 Å². The molecule has 0 radical (unpaired) electrons. The number of quaternary nitrogens is 1. The molecule has 0 atom stereocenters. The van der Waals surface area contributed by atoms with Crippen molar-refractivity contribution in [3.63, 3.8) is 0 Å². The van der Waals surface area contributed by atoms with Gasteiger partial charge in [-0.2, -0.15) is 0 Å². The minimum absolute atomic E-state index is 0.0367. The zero-order chi connectivity index (χ0) is 19.4. The fraction of sp³-hybridized carbons (Fsp3) is 0.278. The Morgan fingerprint density at radius 2 is 1.81 bits per heavy atom. The largest absolute Gasteiger partial charge is 0.360 e. The van der Waals surface area contributed by atoms with Gasteiger partial charge in [-0.15, -0.1) is 0 Å². The second kappa shape index (κ2) is 8.09. The summed E-state index contributed by atoms with van der Waals surface area (Å²) in [6.45, 7) is 2.99. The number of halogens is 2. The summed E-state index contributed by atoms with van der Waals surface area (Å²) >= 11 is 0. The standard InChI is InChI=1S/C18H18F2N4O3/c19-13-1-6-17(16(20)11-13)21-18(25)12-22-7-9-23(10-8-22)14-2-4-15(5-3-14)24(26)27/h1-6,11H,7-10,12H2,(H,21,25)/p+1. The average molecular weight is 377 g/mol. The van der Waals surface area contributed by atoms with Crippen molar-refractivity contribution in [2.24, 2.45) is 0 Å². The molecule has 0 bridgehead atoms. The molecule has 0 aromatic heterocycles. The number of anilines is 2. The fourth-order valence-corrected chi connectivity index (χ4v) is 3.06. The lowest BCUT2D eigenvalue weighted by molar-refractivity contribution is -0.892. The van der Waals surface area contributed by atoms with E-state index in [4.69, 9.17) is 0 Å². The van der Waals surface area contributed by atoms with E-state index in [0.29, 0.717) is 26.2 Å². The maximum absolute atomic E-state index is 13.6. The number of nitro benzene ring substituents is 1. The first-order chi connectivity index (χ1) is 12.9. The van der Waals surface area contributed by atoms with Crippen LogP contribution in [0.25, 0.3) is 0 Å². The predicted octanol–water partition coefficient (Wildman–Crippen LogP) is 1.22. The maximum atomic E-state index is 13.6. The molecule has 0 aliphatic carbocycles. The van der Waals surface area contributed by atoms with E-state index in [-0.39, 0.29) is 23.8 Å². The molecule has 1 heterocycles. The van der Waals surface area contributed by atoms with Crippen molar-refractivity contribution in [1.82, 2.24) is 0 Å². The van der Waals surface area contributed by atoms with Gasteiger partial charge in [-0.3, -0.25) is 14.9 Å². The first-order valence-corrected chi connectivity index (χ1v) is 8.50. The molecular formula is C18H19F2N4O3+. The summed E-state index contributed by atoms with van der Waals surface area (Å²) in [5.74, 6) is -1.83. The van der Waals surface area contributed by atoms with Crippen LogP contribution in [0.15, 0.2) is 42.5 Å². The molecular weight excluding hydrogens is 358 g/mol. The van der Waals surface area contributed by atoms with Crippen LogP contribution in [0.4, 0.5) is 25.8 Å². The van der Waals surface area contributed by atoms with Crippen LogP contribution in [0, 0.1) is 21.7 Å². The molecule has 142 valence electrons. The van der Waals surface area contributed by atoms with Gasteiger partial charge >= 0.3 is 0 Å². The van der Waals surface area contributed by atoms with Gasteiger partial charge in [0.2, 0.25) is 0 Å². The Morgan fingerprint density at radius 3 is 2.41 bits per heavy atom. The molecule has 1 saturated heterocycles. The Kier molecular flexibility index (Phi) is 5.60. The topological polar surface area (TPSA) is 79.9 Å². The number of nitrogens with zero attached hydrogens (tertiary/aromatic N) is 2. The van der Waals surface area contributed by atoms with Crippen LogP contribution in [0.1, 0.15) is 0 Å². The zero-order valence-electron chi connectivity index (χ0n) is 14.5. The Balaban J connectivity index is 1.50. The highest BCUT2D eigenvalue weighted by Crippen LogP contribution is 2.19. The average Bonchev–Trinajstić information content (AvgIpc) is 2.65. The highest BCUT2D eigenvalue weighted by Gasteiger charge is 2.23. The summed E-state index contributed by atoms with van der Waals surface area (Å²) in [7, 11) is 0. The molecule has 0 saturated carbocycles. The lowest BCUT2D eigenvalue weighted by Gasteiger charge is -2.33. The molecule has 1 amide bonds. The van der Waals surface area contributed by atoms with E-state index in [9.17, 15) is 23.7 Å². The van der Waals surface area contributed by atoms with E-state index in [1.165, 1.54) is 18.2 Å². The van der Waals surface area contributed by atoms with E-state index in [0.717, 1.165) is 22.7 Å². The Hall–Kier alpha value is -3.07. The predicted molar refractivity (Wildman–Crippen MR) is 95.9 cm³/mol. The number of benzene rings is 2. The Labute approximate surface area is 154 Å². The Bertz CT molecular complexity index is 837. The number of carbonyl (C=O) groups excluding carboxylic acids is 1. The van der Waals surface area contributed by atoms with E-state index in [1.807, 2.05) is 0 Å². The molecule has 1 fully saturated rings. The molecule has 0 spiro atoms. The van der Waals surface area contributed by atoms with Crippen LogP contribution in [0.5, 0.6) is 0 Å². The molecule has 9 heteroatoms. The highest BCUT2D eigenvalue weighted by molar-refractivity contribution is 5.91. The SMILES string of the molecule is O=C(C[NH+]1CCN(c2ccc([N+](=O)[O-])cc2)CC1)Nc1ccc(F)cc1F. The fourth-order valence-electron chi connectivity index (χ4n) is 3.06.